The molecule has 0 saturated carbocycles. The van der Waals surface area contributed by atoms with Crippen molar-refractivity contribution in [2.45, 2.75) is 20.3 Å². The number of aromatic nitrogens is 2. The Morgan fingerprint density at radius 1 is 1.25 bits per heavy atom. The molecule has 1 aromatic carbocycles. The Labute approximate surface area is 118 Å². The van der Waals surface area contributed by atoms with E-state index in [4.69, 9.17) is 10.3 Å². The van der Waals surface area contributed by atoms with Crippen LogP contribution < -0.4 is 5.73 Å². The SMILES string of the molecule is Cc1noc(-c2c(C)n(C)c3ccccc23)c1CCN. The molecule has 20 heavy (non-hydrogen) atoms. The molecule has 0 fully saturated rings. The van der Waals surface area contributed by atoms with Crippen molar-refractivity contribution in [3.63, 3.8) is 0 Å². The standard InChI is InChI=1S/C16H19N3O/c1-10-12(8-9-17)16(20-18-10)15-11(2)19(3)14-7-5-4-6-13(14)15/h4-7H,8-9,17H2,1-3H3. The van der Waals surface area contributed by atoms with Gasteiger partial charge in [0.1, 0.15) is 0 Å². The largest absolute Gasteiger partial charge is 0.356 e. The van der Waals surface area contributed by atoms with Gasteiger partial charge in [0.05, 0.1) is 5.69 Å². The molecule has 4 heteroatoms. The summed E-state index contributed by atoms with van der Waals surface area (Å²) in [6.07, 6.45) is 0.785. The highest BCUT2D eigenvalue weighted by molar-refractivity contribution is 5.97. The van der Waals surface area contributed by atoms with Crippen LogP contribution in [0.15, 0.2) is 28.8 Å². The number of hydrogen-bond donors (Lipinski definition) is 1. The van der Waals surface area contributed by atoms with Gasteiger partial charge in [0.15, 0.2) is 5.76 Å². The summed E-state index contributed by atoms with van der Waals surface area (Å²) in [7, 11) is 2.08. The smallest absolute Gasteiger partial charge is 0.172 e. The molecule has 0 aliphatic heterocycles. The first-order valence-corrected chi connectivity index (χ1v) is 6.84. The van der Waals surface area contributed by atoms with Gasteiger partial charge in [-0.2, -0.15) is 0 Å². The van der Waals surface area contributed by atoms with Gasteiger partial charge in [-0.05, 0) is 32.9 Å². The van der Waals surface area contributed by atoms with E-state index in [2.05, 4.69) is 48.0 Å². The van der Waals surface area contributed by atoms with Gasteiger partial charge >= 0.3 is 0 Å². The molecule has 2 aromatic heterocycles. The minimum atomic E-state index is 0.596. The number of nitrogens with two attached hydrogens (primary N) is 1. The van der Waals surface area contributed by atoms with Crippen molar-refractivity contribution in [2.24, 2.45) is 12.8 Å². The monoisotopic (exact) mass is 269 g/mol. The zero-order valence-electron chi connectivity index (χ0n) is 12.1. The van der Waals surface area contributed by atoms with Crippen molar-refractivity contribution >= 4 is 10.9 Å². The lowest BCUT2D eigenvalue weighted by Crippen LogP contribution is -2.04. The molecule has 2 N–H and O–H groups in total. The minimum Gasteiger partial charge on any atom is -0.356 e. The van der Waals surface area contributed by atoms with Crippen LogP contribution in [0.5, 0.6) is 0 Å². The summed E-state index contributed by atoms with van der Waals surface area (Å²) in [5.74, 6) is 0.863. The molecule has 0 atom stereocenters. The van der Waals surface area contributed by atoms with Gasteiger partial charge in [-0.25, -0.2) is 0 Å². The topological polar surface area (TPSA) is 57.0 Å². The molecule has 0 aliphatic carbocycles. The highest BCUT2D eigenvalue weighted by atomic mass is 16.5. The first kappa shape index (κ1) is 12.9. The first-order chi connectivity index (χ1) is 9.65. The van der Waals surface area contributed by atoms with Crippen molar-refractivity contribution in [1.29, 1.82) is 0 Å². The molecule has 0 bridgehead atoms. The number of benzene rings is 1. The van der Waals surface area contributed by atoms with Crippen molar-refractivity contribution in [3.8, 4) is 11.3 Å². The lowest BCUT2D eigenvalue weighted by molar-refractivity contribution is 0.426. The van der Waals surface area contributed by atoms with E-state index >= 15 is 0 Å². The summed E-state index contributed by atoms with van der Waals surface area (Å²) >= 11 is 0. The fraction of sp³-hybridized carbons (Fsp3) is 0.312. The van der Waals surface area contributed by atoms with Crippen LogP contribution in [0.2, 0.25) is 0 Å². The van der Waals surface area contributed by atoms with Gasteiger partial charge in [0, 0.05) is 34.8 Å². The predicted molar refractivity (Wildman–Crippen MR) is 80.6 cm³/mol. The lowest BCUT2D eigenvalue weighted by atomic mass is 10.0. The van der Waals surface area contributed by atoms with Crippen molar-refractivity contribution in [1.82, 2.24) is 9.72 Å². The molecule has 0 aliphatic rings. The molecule has 0 spiro atoms. The third-order valence-corrected chi connectivity index (χ3v) is 4.01. The maximum atomic E-state index is 5.72. The zero-order valence-corrected chi connectivity index (χ0v) is 12.1. The molecule has 3 aromatic rings. The molecule has 0 radical (unpaired) electrons. The number of fused-ring (bicyclic) bond motifs is 1. The predicted octanol–water partition coefficient (Wildman–Crippen LogP) is 2.95. The van der Waals surface area contributed by atoms with E-state index in [1.807, 2.05) is 6.92 Å². The van der Waals surface area contributed by atoms with Crippen LogP contribution in [0.25, 0.3) is 22.2 Å². The van der Waals surface area contributed by atoms with Gasteiger partial charge in [-0.3, -0.25) is 0 Å². The fourth-order valence-electron chi connectivity index (χ4n) is 2.83. The molecular formula is C16H19N3O. The van der Waals surface area contributed by atoms with Gasteiger partial charge in [-0.1, -0.05) is 23.4 Å². The van der Waals surface area contributed by atoms with E-state index in [0.29, 0.717) is 6.54 Å². The van der Waals surface area contributed by atoms with Crippen LogP contribution in [0, 0.1) is 13.8 Å². The Bertz CT molecular complexity index is 767. The third kappa shape index (κ3) is 1.76. The van der Waals surface area contributed by atoms with Crippen molar-refractivity contribution < 1.29 is 4.52 Å². The number of nitrogens with zero attached hydrogens (tertiary/aromatic N) is 2. The molecule has 4 nitrogen and oxygen atoms in total. The highest BCUT2D eigenvalue weighted by Crippen LogP contribution is 2.36. The Balaban J connectivity index is 2.33. The number of hydrogen-bond acceptors (Lipinski definition) is 3. The van der Waals surface area contributed by atoms with Crippen LogP contribution in [0.4, 0.5) is 0 Å². The normalized spacial score (nSPS) is 11.4. The van der Waals surface area contributed by atoms with Gasteiger partial charge in [-0.15, -0.1) is 0 Å². The zero-order chi connectivity index (χ0) is 14.3. The summed E-state index contributed by atoms with van der Waals surface area (Å²) in [5.41, 5.74) is 11.3. The Morgan fingerprint density at radius 3 is 2.75 bits per heavy atom. The van der Waals surface area contributed by atoms with Gasteiger partial charge in [0.2, 0.25) is 0 Å². The maximum absolute atomic E-state index is 5.72. The Kier molecular flexibility index (Phi) is 3.10. The third-order valence-electron chi connectivity index (χ3n) is 4.01. The number of aryl methyl sites for hydroxylation is 2. The Hall–Kier alpha value is -2.07. The van der Waals surface area contributed by atoms with Crippen LogP contribution in [-0.4, -0.2) is 16.3 Å². The molecule has 0 saturated heterocycles. The first-order valence-electron chi connectivity index (χ1n) is 6.84. The quantitative estimate of drug-likeness (QED) is 0.795. The fourth-order valence-corrected chi connectivity index (χ4v) is 2.83. The molecule has 104 valence electrons. The van der Waals surface area contributed by atoms with Crippen LogP contribution >= 0.6 is 0 Å². The maximum Gasteiger partial charge on any atom is 0.172 e. The summed E-state index contributed by atoms with van der Waals surface area (Å²) in [6, 6.07) is 8.36. The summed E-state index contributed by atoms with van der Waals surface area (Å²) in [6.45, 7) is 4.68. The van der Waals surface area contributed by atoms with Gasteiger partial charge in [0.25, 0.3) is 0 Å². The van der Waals surface area contributed by atoms with Crippen molar-refractivity contribution in [2.75, 3.05) is 6.54 Å². The second-order valence-electron chi connectivity index (χ2n) is 5.15. The van der Waals surface area contributed by atoms with Crippen LogP contribution in [0.1, 0.15) is 17.0 Å². The van der Waals surface area contributed by atoms with Gasteiger partial charge < -0.3 is 14.8 Å². The minimum absolute atomic E-state index is 0.596. The molecule has 2 heterocycles. The van der Waals surface area contributed by atoms with E-state index in [9.17, 15) is 0 Å². The van der Waals surface area contributed by atoms with Crippen LogP contribution in [-0.2, 0) is 13.5 Å². The molecule has 0 amide bonds. The average molecular weight is 269 g/mol. The second kappa shape index (κ2) is 4.80. The molecule has 0 unspecified atom stereocenters. The van der Waals surface area contributed by atoms with E-state index in [1.54, 1.807) is 0 Å². The molecule has 3 rings (SSSR count). The molecular weight excluding hydrogens is 250 g/mol. The second-order valence-corrected chi connectivity index (χ2v) is 5.15. The highest BCUT2D eigenvalue weighted by Gasteiger charge is 2.21. The summed E-state index contributed by atoms with van der Waals surface area (Å²) in [4.78, 5) is 0. The van der Waals surface area contributed by atoms with E-state index in [0.717, 1.165) is 29.0 Å². The van der Waals surface area contributed by atoms with E-state index in [-0.39, 0.29) is 0 Å². The van der Waals surface area contributed by atoms with E-state index < -0.39 is 0 Å². The van der Waals surface area contributed by atoms with Crippen LogP contribution in [0.3, 0.4) is 0 Å². The lowest BCUT2D eigenvalue weighted by Gasteiger charge is -2.02. The van der Waals surface area contributed by atoms with Crippen molar-refractivity contribution in [3.05, 3.63) is 41.2 Å². The number of para-hydroxylation sites is 1. The van der Waals surface area contributed by atoms with E-state index in [1.165, 1.54) is 16.6 Å². The number of rotatable bonds is 3. The average Bonchev–Trinajstić information content (AvgIpc) is 2.92. The summed E-state index contributed by atoms with van der Waals surface area (Å²) in [5, 5.41) is 5.33. The Morgan fingerprint density at radius 2 is 2.00 bits per heavy atom. The summed E-state index contributed by atoms with van der Waals surface area (Å²) < 4.78 is 7.81.